The predicted octanol–water partition coefficient (Wildman–Crippen LogP) is 1.10. The number of halogens is 2. The van der Waals surface area contributed by atoms with E-state index in [4.69, 9.17) is 9.47 Å². The lowest BCUT2D eigenvalue weighted by Gasteiger charge is -2.27. The largest absolute Gasteiger partial charge is 0.481 e. The van der Waals surface area contributed by atoms with Crippen molar-refractivity contribution in [1.82, 2.24) is 10.2 Å². The lowest BCUT2D eigenvalue weighted by molar-refractivity contribution is -0.135. The van der Waals surface area contributed by atoms with E-state index in [2.05, 4.69) is 5.32 Å². The van der Waals surface area contributed by atoms with Crippen molar-refractivity contribution < 1.29 is 27.8 Å². The summed E-state index contributed by atoms with van der Waals surface area (Å²) >= 11 is 0. The number of nitrogens with one attached hydrogen (secondary N) is 1. The monoisotopic (exact) mass is 342 g/mol. The smallest absolute Gasteiger partial charge is 0.260 e. The predicted molar refractivity (Wildman–Crippen MR) is 81.5 cm³/mol. The summed E-state index contributed by atoms with van der Waals surface area (Å²) in [7, 11) is 0. The van der Waals surface area contributed by atoms with Gasteiger partial charge in [-0.2, -0.15) is 0 Å². The summed E-state index contributed by atoms with van der Waals surface area (Å²) in [5.41, 5.74) is 0. The van der Waals surface area contributed by atoms with Crippen molar-refractivity contribution in [3.8, 4) is 5.75 Å². The molecule has 8 heteroatoms. The third-order valence-electron chi connectivity index (χ3n) is 3.58. The van der Waals surface area contributed by atoms with Gasteiger partial charge in [-0.3, -0.25) is 9.59 Å². The number of benzene rings is 1. The van der Waals surface area contributed by atoms with Gasteiger partial charge in [-0.05, 0) is 19.1 Å². The van der Waals surface area contributed by atoms with Gasteiger partial charge in [0.2, 0.25) is 5.91 Å². The molecule has 0 unspecified atom stereocenters. The molecule has 132 valence electrons. The highest BCUT2D eigenvalue weighted by molar-refractivity contribution is 5.82. The first-order chi connectivity index (χ1) is 11.5. The van der Waals surface area contributed by atoms with Gasteiger partial charge in [0.15, 0.2) is 17.7 Å². The molecule has 1 aromatic carbocycles. The van der Waals surface area contributed by atoms with Crippen LogP contribution >= 0.6 is 0 Å². The van der Waals surface area contributed by atoms with Gasteiger partial charge in [-0.25, -0.2) is 8.78 Å². The first-order valence-electron chi connectivity index (χ1n) is 7.72. The third kappa shape index (κ3) is 5.16. The van der Waals surface area contributed by atoms with Crippen LogP contribution in [-0.2, 0) is 14.3 Å². The lowest BCUT2D eigenvalue weighted by atomic mass is 10.3. The van der Waals surface area contributed by atoms with E-state index < -0.39 is 23.6 Å². The van der Waals surface area contributed by atoms with Crippen LogP contribution in [0, 0.1) is 11.6 Å². The van der Waals surface area contributed by atoms with Crippen LogP contribution in [0.4, 0.5) is 8.78 Å². The van der Waals surface area contributed by atoms with Crippen LogP contribution in [0.15, 0.2) is 18.2 Å². The Bertz CT molecular complexity index is 591. The maximum Gasteiger partial charge on any atom is 0.260 e. The molecule has 0 bridgehead atoms. The molecular weight excluding hydrogens is 322 g/mol. The van der Waals surface area contributed by atoms with Crippen molar-refractivity contribution in [1.29, 1.82) is 0 Å². The highest BCUT2D eigenvalue weighted by Crippen LogP contribution is 2.16. The van der Waals surface area contributed by atoms with Crippen LogP contribution in [0.5, 0.6) is 5.75 Å². The molecule has 0 aromatic heterocycles. The number of carbonyl (C=O) groups excluding carboxylic acids is 2. The second-order valence-electron chi connectivity index (χ2n) is 5.37. The molecule has 1 aliphatic heterocycles. The number of rotatable bonds is 6. The van der Waals surface area contributed by atoms with Gasteiger partial charge in [0, 0.05) is 32.1 Å². The van der Waals surface area contributed by atoms with Gasteiger partial charge in [0.25, 0.3) is 5.91 Å². The average molecular weight is 342 g/mol. The number of hydrogen-bond acceptors (Lipinski definition) is 4. The SMILES string of the molecule is C[C@H](Oc1ccc(F)c(F)c1)C(=O)NCCC(=O)N1CCOCC1. The molecular formula is C16H20F2N2O4. The van der Waals surface area contributed by atoms with Gasteiger partial charge >= 0.3 is 0 Å². The van der Waals surface area contributed by atoms with Crippen molar-refractivity contribution >= 4 is 11.8 Å². The minimum atomic E-state index is -1.05. The van der Waals surface area contributed by atoms with Crippen molar-refractivity contribution in [2.24, 2.45) is 0 Å². The van der Waals surface area contributed by atoms with Gasteiger partial charge in [0.1, 0.15) is 5.75 Å². The fraction of sp³-hybridized carbons (Fsp3) is 0.500. The maximum atomic E-state index is 13.1. The number of carbonyl (C=O) groups is 2. The molecule has 2 amide bonds. The number of hydrogen-bond donors (Lipinski definition) is 1. The highest BCUT2D eigenvalue weighted by atomic mass is 19.2. The molecule has 2 rings (SSSR count). The van der Waals surface area contributed by atoms with Crippen molar-refractivity contribution in [2.45, 2.75) is 19.4 Å². The molecule has 1 N–H and O–H groups in total. The quantitative estimate of drug-likeness (QED) is 0.841. The standard InChI is InChI=1S/C16H20F2N2O4/c1-11(24-12-2-3-13(17)14(18)10-12)16(22)19-5-4-15(21)20-6-8-23-9-7-20/h2-3,10-11H,4-9H2,1H3,(H,19,22)/t11-/m0/s1. The summed E-state index contributed by atoms with van der Waals surface area (Å²) < 4.78 is 36.4. The number of morpholine rings is 1. The van der Waals surface area contributed by atoms with Crippen LogP contribution in [-0.4, -0.2) is 55.7 Å². The molecule has 1 saturated heterocycles. The van der Waals surface area contributed by atoms with Crippen LogP contribution < -0.4 is 10.1 Å². The van der Waals surface area contributed by atoms with Crippen molar-refractivity contribution in [2.75, 3.05) is 32.8 Å². The van der Waals surface area contributed by atoms with E-state index in [1.54, 1.807) is 4.90 Å². The summed E-state index contributed by atoms with van der Waals surface area (Å²) in [6.45, 7) is 3.83. The minimum absolute atomic E-state index is 0.0484. The Morgan fingerprint density at radius 2 is 2.00 bits per heavy atom. The minimum Gasteiger partial charge on any atom is -0.481 e. The second-order valence-corrected chi connectivity index (χ2v) is 5.37. The Hall–Kier alpha value is -2.22. The second kappa shape index (κ2) is 8.58. The van der Waals surface area contributed by atoms with Gasteiger partial charge < -0.3 is 19.7 Å². The van der Waals surface area contributed by atoms with Crippen LogP contribution in [0.25, 0.3) is 0 Å². The van der Waals surface area contributed by atoms with E-state index in [-0.39, 0.29) is 24.6 Å². The zero-order valence-electron chi connectivity index (χ0n) is 13.4. The fourth-order valence-electron chi connectivity index (χ4n) is 2.22. The molecule has 0 saturated carbocycles. The summed E-state index contributed by atoms with van der Waals surface area (Å²) in [6.07, 6.45) is -0.711. The Kier molecular flexibility index (Phi) is 6.48. The Labute approximate surface area is 138 Å². The zero-order chi connectivity index (χ0) is 17.5. The first kappa shape index (κ1) is 18.1. The van der Waals surface area contributed by atoms with Gasteiger partial charge in [-0.1, -0.05) is 0 Å². The molecule has 1 fully saturated rings. The normalized spacial score (nSPS) is 15.7. The van der Waals surface area contributed by atoms with Crippen molar-refractivity contribution in [3.63, 3.8) is 0 Å². The Morgan fingerprint density at radius 3 is 2.67 bits per heavy atom. The van der Waals surface area contributed by atoms with E-state index in [0.717, 1.165) is 12.1 Å². The van der Waals surface area contributed by atoms with E-state index in [0.29, 0.717) is 26.3 Å². The molecule has 0 spiro atoms. The van der Waals surface area contributed by atoms with E-state index in [9.17, 15) is 18.4 Å². The lowest BCUT2D eigenvalue weighted by Crippen LogP contribution is -2.43. The summed E-state index contributed by atoms with van der Waals surface area (Å²) in [6, 6.07) is 3.04. The van der Waals surface area contributed by atoms with Crippen LogP contribution in [0.1, 0.15) is 13.3 Å². The summed E-state index contributed by atoms with van der Waals surface area (Å²) in [5, 5.41) is 2.59. The van der Waals surface area contributed by atoms with Crippen LogP contribution in [0.2, 0.25) is 0 Å². The molecule has 1 aliphatic rings. The van der Waals surface area contributed by atoms with E-state index >= 15 is 0 Å². The zero-order valence-corrected chi connectivity index (χ0v) is 13.4. The number of amides is 2. The highest BCUT2D eigenvalue weighted by Gasteiger charge is 2.18. The first-order valence-corrected chi connectivity index (χ1v) is 7.72. The molecule has 1 aromatic rings. The topological polar surface area (TPSA) is 67.9 Å². The van der Waals surface area contributed by atoms with Crippen LogP contribution in [0.3, 0.4) is 0 Å². The van der Waals surface area contributed by atoms with Crippen molar-refractivity contribution in [3.05, 3.63) is 29.8 Å². The number of nitrogens with zero attached hydrogens (tertiary/aromatic N) is 1. The maximum absolute atomic E-state index is 13.1. The van der Waals surface area contributed by atoms with E-state index in [1.807, 2.05) is 0 Å². The van der Waals surface area contributed by atoms with E-state index in [1.165, 1.54) is 13.0 Å². The third-order valence-corrected chi connectivity index (χ3v) is 3.58. The number of ether oxygens (including phenoxy) is 2. The molecule has 0 radical (unpaired) electrons. The Balaban J connectivity index is 1.73. The summed E-state index contributed by atoms with van der Waals surface area (Å²) in [4.78, 5) is 25.5. The molecule has 1 heterocycles. The summed E-state index contributed by atoms with van der Waals surface area (Å²) in [5.74, 6) is -2.46. The molecule has 1 atom stereocenters. The molecule has 0 aliphatic carbocycles. The average Bonchev–Trinajstić information content (AvgIpc) is 2.58. The van der Waals surface area contributed by atoms with Gasteiger partial charge in [0.05, 0.1) is 13.2 Å². The fourth-order valence-corrected chi connectivity index (χ4v) is 2.22. The molecule has 6 nitrogen and oxygen atoms in total. The van der Waals surface area contributed by atoms with Gasteiger partial charge in [-0.15, -0.1) is 0 Å². The molecule has 24 heavy (non-hydrogen) atoms. The Morgan fingerprint density at radius 1 is 1.29 bits per heavy atom.